The molecule has 0 aliphatic rings. The highest BCUT2D eigenvalue weighted by Gasteiger charge is 2.14. The SMILES string of the molecule is C=C[C@H](CCOCOC)c1cc(O)c(C)cc1O. The van der Waals surface area contributed by atoms with E-state index >= 15 is 0 Å². The van der Waals surface area contributed by atoms with Crippen molar-refractivity contribution in [1.82, 2.24) is 0 Å². The van der Waals surface area contributed by atoms with E-state index in [0.717, 1.165) is 0 Å². The maximum Gasteiger partial charge on any atom is 0.146 e. The largest absolute Gasteiger partial charge is 0.508 e. The highest BCUT2D eigenvalue weighted by molar-refractivity contribution is 5.47. The molecule has 1 aromatic carbocycles. The molecular formula is C14H20O4. The average molecular weight is 252 g/mol. The number of ether oxygens (including phenoxy) is 2. The van der Waals surface area contributed by atoms with Crippen LogP contribution in [-0.4, -0.2) is 30.7 Å². The second-order valence-electron chi connectivity index (χ2n) is 4.14. The number of phenolic OH excluding ortho intramolecular Hbond substituents is 2. The number of aryl methyl sites for hydroxylation is 1. The average Bonchev–Trinajstić information content (AvgIpc) is 2.35. The highest BCUT2D eigenvalue weighted by atomic mass is 16.7. The zero-order valence-electron chi connectivity index (χ0n) is 10.8. The Kier molecular flexibility index (Phi) is 5.68. The Morgan fingerprint density at radius 1 is 1.33 bits per heavy atom. The van der Waals surface area contributed by atoms with Gasteiger partial charge in [0.05, 0.1) is 6.61 Å². The fourth-order valence-electron chi connectivity index (χ4n) is 1.75. The lowest BCUT2D eigenvalue weighted by Crippen LogP contribution is -2.04. The molecule has 1 rings (SSSR count). The van der Waals surface area contributed by atoms with Crippen molar-refractivity contribution < 1.29 is 19.7 Å². The Balaban J connectivity index is 2.75. The molecule has 0 unspecified atom stereocenters. The van der Waals surface area contributed by atoms with E-state index in [1.807, 2.05) is 0 Å². The summed E-state index contributed by atoms with van der Waals surface area (Å²) in [7, 11) is 1.56. The summed E-state index contributed by atoms with van der Waals surface area (Å²) < 4.78 is 10.0. The van der Waals surface area contributed by atoms with Crippen LogP contribution in [0, 0.1) is 6.92 Å². The second kappa shape index (κ2) is 7.03. The minimum atomic E-state index is -0.0617. The molecule has 0 fully saturated rings. The number of aromatic hydroxyl groups is 2. The monoisotopic (exact) mass is 252 g/mol. The van der Waals surface area contributed by atoms with Crippen molar-refractivity contribution in [2.45, 2.75) is 19.3 Å². The van der Waals surface area contributed by atoms with Gasteiger partial charge in [0.1, 0.15) is 18.3 Å². The lowest BCUT2D eigenvalue weighted by Gasteiger charge is -2.15. The van der Waals surface area contributed by atoms with Crippen molar-refractivity contribution in [3.8, 4) is 11.5 Å². The van der Waals surface area contributed by atoms with Gasteiger partial charge in [-0.2, -0.15) is 0 Å². The third-order valence-corrected chi connectivity index (χ3v) is 2.80. The molecule has 0 spiro atoms. The lowest BCUT2D eigenvalue weighted by molar-refractivity contribution is -0.0317. The Labute approximate surface area is 107 Å². The summed E-state index contributed by atoms with van der Waals surface area (Å²) in [5.41, 5.74) is 1.31. The summed E-state index contributed by atoms with van der Waals surface area (Å²) in [6.07, 6.45) is 2.41. The van der Waals surface area contributed by atoms with Crippen LogP contribution in [0.25, 0.3) is 0 Å². The molecule has 2 N–H and O–H groups in total. The van der Waals surface area contributed by atoms with Crippen molar-refractivity contribution in [3.63, 3.8) is 0 Å². The molecule has 4 heteroatoms. The van der Waals surface area contributed by atoms with Crippen LogP contribution >= 0.6 is 0 Å². The number of rotatable bonds is 7. The van der Waals surface area contributed by atoms with E-state index in [4.69, 9.17) is 9.47 Å². The first-order valence-electron chi connectivity index (χ1n) is 5.81. The maximum absolute atomic E-state index is 9.90. The standard InChI is InChI=1S/C14H20O4/c1-4-11(5-6-18-9-17-3)12-8-13(15)10(2)7-14(12)16/h4,7-8,11,15-16H,1,5-6,9H2,2-3H3/t11-/m1/s1. The van der Waals surface area contributed by atoms with Gasteiger partial charge < -0.3 is 19.7 Å². The quantitative estimate of drug-likeness (QED) is 0.339. The summed E-state index contributed by atoms with van der Waals surface area (Å²) >= 11 is 0. The molecular weight excluding hydrogens is 232 g/mol. The van der Waals surface area contributed by atoms with Crippen molar-refractivity contribution >= 4 is 0 Å². The molecule has 0 aromatic heterocycles. The third kappa shape index (κ3) is 3.75. The Bertz CT molecular complexity index is 401. The molecule has 1 aromatic rings. The first kappa shape index (κ1) is 14.5. The van der Waals surface area contributed by atoms with Crippen LogP contribution in [0.3, 0.4) is 0 Å². The Morgan fingerprint density at radius 3 is 2.67 bits per heavy atom. The summed E-state index contributed by atoms with van der Waals surface area (Å²) in [6.45, 7) is 6.23. The summed E-state index contributed by atoms with van der Waals surface area (Å²) in [4.78, 5) is 0. The van der Waals surface area contributed by atoms with Crippen LogP contribution in [0.1, 0.15) is 23.5 Å². The van der Waals surface area contributed by atoms with E-state index < -0.39 is 0 Å². The zero-order valence-corrected chi connectivity index (χ0v) is 10.8. The predicted octanol–water partition coefficient (Wildman–Crippen LogP) is 2.69. The van der Waals surface area contributed by atoms with Gasteiger partial charge in [-0.3, -0.25) is 0 Å². The molecule has 0 amide bonds. The first-order valence-corrected chi connectivity index (χ1v) is 5.81. The summed E-state index contributed by atoms with van der Waals surface area (Å²) in [6, 6.07) is 3.13. The smallest absolute Gasteiger partial charge is 0.146 e. The van der Waals surface area contributed by atoms with Crippen molar-refractivity contribution in [2.24, 2.45) is 0 Å². The molecule has 1 atom stereocenters. The van der Waals surface area contributed by atoms with Crippen molar-refractivity contribution in [1.29, 1.82) is 0 Å². The van der Waals surface area contributed by atoms with Crippen LogP contribution in [0.4, 0.5) is 0 Å². The van der Waals surface area contributed by atoms with Gasteiger partial charge >= 0.3 is 0 Å². The summed E-state index contributed by atoms with van der Waals surface area (Å²) in [5, 5.41) is 19.6. The molecule has 18 heavy (non-hydrogen) atoms. The number of allylic oxidation sites excluding steroid dienone is 1. The van der Waals surface area contributed by atoms with Gasteiger partial charge in [-0.15, -0.1) is 6.58 Å². The first-order chi connectivity index (χ1) is 8.60. The fraction of sp³-hybridized carbons (Fsp3) is 0.429. The molecule has 0 bridgehead atoms. The zero-order chi connectivity index (χ0) is 13.5. The minimum absolute atomic E-state index is 0.0617. The van der Waals surface area contributed by atoms with E-state index in [1.165, 1.54) is 0 Å². The number of phenols is 2. The van der Waals surface area contributed by atoms with Crippen molar-refractivity contribution in [3.05, 3.63) is 35.9 Å². The van der Waals surface area contributed by atoms with Gasteiger partial charge in [0.25, 0.3) is 0 Å². The number of benzene rings is 1. The van der Waals surface area contributed by atoms with E-state index in [9.17, 15) is 10.2 Å². The molecule has 100 valence electrons. The van der Waals surface area contributed by atoms with Gasteiger partial charge in [-0.1, -0.05) is 6.08 Å². The predicted molar refractivity (Wildman–Crippen MR) is 69.9 cm³/mol. The van der Waals surface area contributed by atoms with Gasteiger partial charge in [-0.05, 0) is 31.0 Å². The van der Waals surface area contributed by atoms with Gasteiger partial charge in [0.2, 0.25) is 0 Å². The normalized spacial score (nSPS) is 12.3. The van der Waals surface area contributed by atoms with E-state index in [1.54, 1.807) is 32.2 Å². The van der Waals surface area contributed by atoms with E-state index in [2.05, 4.69) is 6.58 Å². The van der Waals surface area contributed by atoms with Crippen LogP contribution in [0.5, 0.6) is 11.5 Å². The van der Waals surface area contributed by atoms with Gasteiger partial charge in [0, 0.05) is 18.6 Å². The minimum Gasteiger partial charge on any atom is -0.508 e. The number of hydrogen-bond acceptors (Lipinski definition) is 4. The number of methoxy groups -OCH3 is 1. The highest BCUT2D eigenvalue weighted by Crippen LogP contribution is 2.34. The molecule has 0 radical (unpaired) electrons. The molecule has 0 aliphatic carbocycles. The van der Waals surface area contributed by atoms with Crippen LogP contribution < -0.4 is 0 Å². The molecule has 4 nitrogen and oxygen atoms in total. The molecule has 0 aliphatic heterocycles. The maximum atomic E-state index is 9.90. The Hall–Kier alpha value is -1.52. The van der Waals surface area contributed by atoms with Crippen LogP contribution in [0.2, 0.25) is 0 Å². The fourth-order valence-corrected chi connectivity index (χ4v) is 1.75. The third-order valence-electron chi connectivity index (χ3n) is 2.80. The van der Waals surface area contributed by atoms with Crippen LogP contribution in [0.15, 0.2) is 24.8 Å². The Morgan fingerprint density at radius 2 is 2.06 bits per heavy atom. The van der Waals surface area contributed by atoms with Crippen LogP contribution in [-0.2, 0) is 9.47 Å². The lowest BCUT2D eigenvalue weighted by atomic mass is 9.94. The van der Waals surface area contributed by atoms with Gasteiger partial charge in [0.15, 0.2) is 0 Å². The van der Waals surface area contributed by atoms with E-state index in [0.29, 0.717) is 24.2 Å². The molecule has 0 saturated carbocycles. The van der Waals surface area contributed by atoms with E-state index in [-0.39, 0.29) is 24.2 Å². The topological polar surface area (TPSA) is 58.9 Å². The molecule has 0 heterocycles. The number of hydrogen-bond donors (Lipinski definition) is 2. The van der Waals surface area contributed by atoms with Crippen molar-refractivity contribution in [2.75, 3.05) is 20.5 Å². The second-order valence-corrected chi connectivity index (χ2v) is 4.14. The molecule has 0 saturated heterocycles. The van der Waals surface area contributed by atoms with Gasteiger partial charge in [-0.25, -0.2) is 0 Å². The summed E-state index contributed by atoms with van der Waals surface area (Å²) in [5.74, 6) is 0.280.